The molecule has 21 heavy (non-hydrogen) atoms. The summed E-state index contributed by atoms with van der Waals surface area (Å²) in [5, 5.41) is 3.45. The largest absolute Gasteiger partial charge is 0.493 e. The van der Waals surface area contributed by atoms with E-state index in [1.807, 2.05) is 24.3 Å². The highest BCUT2D eigenvalue weighted by atomic mass is 32.2. The molecule has 2 rings (SSSR count). The molecule has 0 unspecified atom stereocenters. The molecular weight excluding hydrogens is 286 g/mol. The average Bonchev–Trinajstić information content (AvgIpc) is 3.19. The second-order valence-electron chi connectivity index (χ2n) is 6.58. The van der Waals surface area contributed by atoms with Gasteiger partial charge in [0.1, 0.15) is 12.4 Å². The lowest BCUT2D eigenvalue weighted by molar-refractivity contribution is 0.339. The van der Waals surface area contributed by atoms with Crippen LogP contribution in [-0.4, -0.2) is 31.6 Å². The summed E-state index contributed by atoms with van der Waals surface area (Å²) in [5.74, 6) is 0.773. The molecule has 0 aliphatic heterocycles. The summed E-state index contributed by atoms with van der Waals surface area (Å²) in [6, 6.07) is 8.50. The van der Waals surface area contributed by atoms with E-state index in [1.54, 1.807) is 20.8 Å². The van der Waals surface area contributed by atoms with Crippen LogP contribution >= 0.6 is 0 Å². The van der Waals surface area contributed by atoms with E-state index in [-0.39, 0.29) is 12.4 Å². The molecule has 1 aliphatic rings. The molecule has 4 nitrogen and oxygen atoms in total. The fourth-order valence-electron chi connectivity index (χ4n) is 1.87. The van der Waals surface area contributed by atoms with Crippen LogP contribution in [0.1, 0.15) is 39.2 Å². The van der Waals surface area contributed by atoms with Crippen LogP contribution in [0, 0.1) is 0 Å². The van der Waals surface area contributed by atoms with Crippen molar-refractivity contribution in [1.82, 2.24) is 5.32 Å². The predicted octanol–water partition coefficient (Wildman–Crippen LogP) is 2.53. The maximum Gasteiger partial charge on any atom is 0.158 e. The standard InChI is InChI=1S/C16H25NO3S/c1-16(2,3)21(18,19)10-9-20-15-6-4-5-13(11-15)12-17-14-7-8-14/h4-6,11,14,17H,7-10,12H2,1-3H3. The number of sulfone groups is 1. The first-order chi connectivity index (χ1) is 9.78. The van der Waals surface area contributed by atoms with Gasteiger partial charge >= 0.3 is 0 Å². The normalized spacial score (nSPS) is 16.0. The van der Waals surface area contributed by atoms with Crippen LogP contribution in [-0.2, 0) is 16.4 Å². The number of ether oxygens (including phenoxy) is 1. The Balaban J connectivity index is 1.84. The summed E-state index contributed by atoms with van der Waals surface area (Å²) in [5.41, 5.74) is 1.16. The summed E-state index contributed by atoms with van der Waals surface area (Å²) >= 11 is 0. The van der Waals surface area contributed by atoms with Gasteiger partial charge in [0, 0.05) is 12.6 Å². The Morgan fingerprint density at radius 2 is 2.00 bits per heavy atom. The lowest BCUT2D eigenvalue weighted by atomic mass is 10.2. The summed E-state index contributed by atoms with van der Waals surface area (Å²) in [7, 11) is -3.13. The zero-order valence-corrected chi connectivity index (χ0v) is 13.9. The van der Waals surface area contributed by atoms with Gasteiger partial charge in [-0.1, -0.05) is 12.1 Å². The van der Waals surface area contributed by atoms with E-state index in [2.05, 4.69) is 5.32 Å². The molecule has 1 aliphatic carbocycles. The molecule has 1 saturated carbocycles. The first-order valence-electron chi connectivity index (χ1n) is 7.45. The first kappa shape index (κ1) is 16.3. The highest BCUT2D eigenvalue weighted by molar-refractivity contribution is 7.92. The van der Waals surface area contributed by atoms with Gasteiger partial charge in [0.15, 0.2) is 9.84 Å². The molecule has 0 atom stereocenters. The van der Waals surface area contributed by atoms with Crippen molar-refractivity contribution in [3.63, 3.8) is 0 Å². The minimum atomic E-state index is -3.13. The Morgan fingerprint density at radius 3 is 2.62 bits per heavy atom. The van der Waals surface area contributed by atoms with Crippen molar-refractivity contribution in [2.24, 2.45) is 0 Å². The van der Waals surface area contributed by atoms with Gasteiger partial charge in [-0.25, -0.2) is 8.42 Å². The van der Waals surface area contributed by atoms with E-state index in [4.69, 9.17) is 4.74 Å². The van der Waals surface area contributed by atoms with Crippen LogP contribution in [0.25, 0.3) is 0 Å². The molecule has 118 valence electrons. The number of nitrogens with one attached hydrogen (secondary N) is 1. The van der Waals surface area contributed by atoms with Crippen LogP contribution in [0.4, 0.5) is 0 Å². The Bertz CT molecular complexity index is 571. The van der Waals surface area contributed by atoms with E-state index in [1.165, 1.54) is 12.8 Å². The van der Waals surface area contributed by atoms with Crippen molar-refractivity contribution < 1.29 is 13.2 Å². The van der Waals surface area contributed by atoms with E-state index < -0.39 is 14.6 Å². The Kier molecular flexibility index (Phi) is 4.94. The van der Waals surface area contributed by atoms with Gasteiger partial charge in [0.05, 0.1) is 10.5 Å². The van der Waals surface area contributed by atoms with Crippen molar-refractivity contribution in [1.29, 1.82) is 0 Å². The number of hydrogen-bond donors (Lipinski definition) is 1. The van der Waals surface area contributed by atoms with Crippen LogP contribution < -0.4 is 10.1 Å². The van der Waals surface area contributed by atoms with Crippen LogP contribution in [0.3, 0.4) is 0 Å². The van der Waals surface area contributed by atoms with Gasteiger partial charge in [-0.05, 0) is 51.3 Å². The molecule has 0 amide bonds. The number of rotatable bonds is 7. The predicted molar refractivity (Wildman–Crippen MR) is 85.3 cm³/mol. The molecule has 5 heteroatoms. The third kappa shape index (κ3) is 5.00. The smallest absolute Gasteiger partial charge is 0.158 e. The highest BCUT2D eigenvalue weighted by Gasteiger charge is 2.28. The molecule has 0 heterocycles. The van der Waals surface area contributed by atoms with Gasteiger partial charge in [-0.3, -0.25) is 0 Å². The van der Waals surface area contributed by atoms with Crippen molar-refractivity contribution >= 4 is 9.84 Å². The van der Waals surface area contributed by atoms with Gasteiger partial charge in [-0.2, -0.15) is 0 Å². The minimum absolute atomic E-state index is 0.0427. The fourth-order valence-corrected chi connectivity index (χ4v) is 2.79. The van der Waals surface area contributed by atoms with E-state index in [0.29, 0.717) is 6.04 Å². The second-order valence-corrected chi connectivity index (χ2v) is 9.44. The molecule has 0 bridgehead atoms. The van der Waals surface area contributed by atoms with Gasteiger partial charge in [0.25, 0.3) is 0 Å². The Labute approximate surface area is 127 Å². The number of benzene rings is 1. The van der Waals surface area contributed by atoms with Crippen LogP contribution in [0.15, 0.2) is 24.3 Å². The van der Waals surface area contributed by atoms with Gasteiger partial charge in [0.2, 0.25) is 0 Å². The fraction of sp³-hybridized carbons (Fsp3) is 0.625. The monoisotopic (exact) mass is 311 g/mol. The highest BCUT2D eigenvalue weighted by Crippen LogP contribution is 2.20. The maximum atomic E-state index is 12.0. The molecule has 0 spiro atoms. The van der Waals surface area contributed by atoms with E-state index >= 15 is 0 Å². The second kappa shape index (κ2) is 6.36. The molecule has 0 aromatic heterocycles. The van der Waals surface area contributed by atoms with Crippen LogP contribution in [0.2, 0.25) is 0 Å². The minimum Gasteiger partial charge on any atom is -0.493 e. The van der Waals surface area contributed by atoms with Gasteiger partial charge in [-0.15, -0.1) is 0 Å². The molecule has 1 fully saturated rings. The average molecular weight is 311 g/mol. The van der Waals surface area contributed by atoms with Crippen molar-refractivity contribution in [2.45, 2.75) is 50.9 Å². The molecule has 0 radical (unpaired) electrons. The van der Waals surface area contributed by atoms with Crippen LogP contribution in [0.5, 0.6) is 5.75 Å². The van der Waals surface area contributed by atoms with E-state index in [0.717, 1.165) is 17.9 Å². The third-order valence-electron chi connectivity index (χ3n) is 3.62. The lowest BCUT2D eigenvalue weighted by Gasteiger charge is -2.19. The summed E-state index contributed by atoms with van der Waals surface area (Å²) in [4.78, 5) is 0. The SMILES string of the molecule is CC(C)(C)S(=O)(=O)CCOc1cccc(CNC2CC2)c1. The number of hydrogen-bond acceptors (Lipinski definition) is 4. The maximum absolute atomic E-state index is 12.0. The Morgan fingerprint density at radius 1 is 1.29 bits per heavy atom. The zero-order valence-electron chi connectivity index (χ0n) is 13.1. The first-order valence-corrected chi connectivity index (χ1v) is 9.10. The summed E-state index contributed by atoms with van der Waals surface area (Å²) in [6.07, 6.45) is 2.53. The zero-order chi connectivity index (χ0) is 15.5. The molecule has 0 saturated heterocycles. The molecule has 1 N–H and O–H groups in total. The van der Waals surface area contributed by atoms with Gasteiger partial charge < -0.3 is 10.1 Å². The van der Waals surface area contributed by atoms with E-state index in [9.17, 15) is 8.42 Å². The quantitative estimate of drug-likeness (QED) is 0.841. The van der Waals surface area contributed by atoms with Crippen molar-refractivity contribution in [3.05, 3.63) is 29.8 Å². The summed E-state index contributed by atoms with van der Waals surface area (Å²) < 4.78 is 28.9. The van der Waals surface area contributed by atoms with Crippen molar-refractivity contribution in [2.75, 3.05) is 12.4 Å². The Hall–Kier alpha value is -1.07. The lowest BCUT2D eigenvalue weighted by Crippen LogP contribution is -2.32. The topological polar surface area (TPSA) is 55.4 Å². The van der Waals surface area contributed by atoms with Crippen molar-refractivity contribution in [3.8, 4) is 5.75 Å². The third-order valence-corrected chi connectivity index (χ3v) is 6.19. The molecule has 1 aromatic rings. The molecule has 1 aromatic carbocycles. The molecular formula is C16H25NO3S. The summed E-state index contributed by atoms with van der Waals surface area (Å²) in [6.45, 7) is 6.17.